The molecule has 1 aromatic rings. The van der Waals surface area contributed by atoms with Gasteiger partial charge in [-0.15, -0.1) is 0 Å². The molecule has 5 heteroatoms. The first-order valence-corrected chi connectivity index (χ1v) is 7.56. The smallest absolute Gasteiger partial charge is 0.224 e. The Bertz CT molecular complexity index is 449. The molecule has 0 aliphatic carbocycles. The second kappa shape index (κ2) is 6.88. The fourth-order valence-corrected chi connectivity index (χ4v) is 2.68. The Morgan fingerprint density at radius 2 is 2.10 bits per heavy atom. The summed E-state index contributed by atoms with van der Waals surface area (Å²) < 4.78 is 2.08. The van der Waals surface area contributed by atoms with Gasteiger partial charge in [-0.05, 0) is 39.8 Å². The molecular formula is C15H26N4O. The van der Waals surface area contributed by atoms with Crippen LogP contribution in [0.15, 0.2) is 6.33 Å². The molecule has 2 rings (SSSR count). The number of rotatable bonds is 6. The molecule has 5 nitrogen and oxygen atoms in total. The quantitative estimate of drug-likeness (QED) is 0.854. The Labute approximate surface area is 121 Å². The van der Waals surface area contributed by atoms with Crippen LogP contribution in [0.3, 0.4) is 0 Å². The normalized spacial score (nSPS) is 17.4. The zero-order chi connectivity index (χ0) is 14.5. The van der Waals surface area contributed by atoms with Crippen LogP contribution in [0, 0.1) is 19.8 Å². The average molecular weight is 278 g/mol. The first-order chi connectivity index (χ1) is 9.58. The maximum absolute atomic E-state index is 12.0. The number of hydrogen-bond acceptors (Lipinski definition) is 3. The molecule has 112 valence electrons. The lowest BCUT2D eigenvalue weighted by molar-refractivity contribution is -0.125. The molecular weight excluding hydrogens is 252 g/mol. The SMILES string of the molecule is Cc1ncn(CCNC(=O)C(C)CN2CCCC2)c1C. The lowest BCUT2D eigenvalue weighted by Gasteiger charge is -2.19. The Hall–Kier alpha value is -1.36. The monoisotopic (exact) mass is 278 g/mol. The number of aryl methyl sites for hydroxylation is 1. The van der Waals surface area contributed by atoms with Crippen LogP contribution >= 0.6 is 0 Å². The van der Waals surface area contributed by atoms with Gasteiger partial charge in [-0.25, -0.2) is 4.98 Å². The van der Waals surface area contributed by atoms with E-state index in [-0.39, 0.29) is 11.8 Å². The number of hydrogen-bond donors (Lipinski definition) is 1. The van der Waals surface area contributed by atoms with Crippen molar-refractivity contribution in [2.24, 2.45) is 5.92 Å². The highest BCUT2D eigenvalue weighted by Gasteiger charge is 2.19. The Kier molecular flexibility index (Phi) is 5.17. The minimum atomic E-state index is 0.0683. The van der Waals surface area contributed by atoms with E-state index < -0.39 is 0 Å². The largest absolute Gasteiger partial charge is 0.354 e. The molecule has 1 N–H and O–H groups in total. The highest BCUT2D eigenvalue weighted by Crippen LogP contribution is 2.10. The van der Waals surface area contributed by atoms with E-state index in [0.29, 0.717) is 6.54 Å². The van der Waals surface area contributed by atoms with Gasteiger partial charge in [0.1, 0.15) is 0 Å². The molecule has 1 aliphatic heterocycles. The van der Waals surface area contributed by atoms with E-state index in [1.807, 2.05) is 20.2 Å². The highest BCUT2D eigenvalue weighted by atomic mass is 16.1. The van der Waals surface area contributed by atoms with Crippen LogP contribution in [0.4, 0.5) is 0 Å². The number of amides is 1. The van der Waals surface area contributed by atoms with E-state index in [2.05, 4.69) is 26.7 Å². The molecule has 2 heterocycles. The molecule has 0 aromatic carbocycles. The summed E-state index contributed by atoms with van der Waals surface area (Å²) >= 11 is 0. The number of nitrogens with zero attached hydrogens (tertiary/aromatic N) is 3. The molecule has 1 saturated heterocycles. The minimum Gasteiger partial charge on any atom is -0.354 e. The molecule has 0 bridgehead atoms. The second-order valence-corrected chi connectivity index (χ2v) is 5.81. The Morgan fingerprint density at radius 1 is 1.40 bits per heavy atom. The molecule has 0 saturated carbocycles. The number of carbonyl (C=O) groups is 1. The van der Waals surface area contributed by atoms with Crippen molar-refractivity contribution in [3.05, 3.63) is 17.7 Å². The molecule has 1 aliphatic rings. The van der Waals surface area contributed by atoms with Crippen molar-refractivity contribution in [3.8, 4) is 0 Å². The summed E-state index contributed by atoms with van der Waals surface area (Å²) in [5.74, 6) is 0.227. The highest BCUT2D eigenvalue weighted by molar-refractivity contribution is 5.78. The summed E-state index contributed by atoms with van der Waals surface area (Å²) in [6, 6.07) is 0. The number of aromatic nitrogens is 2. The van der Waals surface area contributed by atoms with Gasteiger partial charge in [0.2, 0.25) is 5.91 Å². The molecule has 1 fully saturated rings. The van der Waals surface area contributed by atoms with Crippen LogP contribution in [0.2, 0.25) is 0 Å². The van der Waals surface area contributed by atoms with Gasteiger partial charge in [-0.3, -0.25) is 4.79 Å². The molecule has 20 heavy (non-hydrogen) atoms. The van der Waals surface area contributed by atoms with Gasteiger partial charge in [-0.1, -0.05) is 6.92 Å². The summed E-state index contributed by atoms with van der Waals surface area (Å²) in [5, 5.41) is 3.03. The van der Waals surface area contributed by atoms with Gasteiger partial charge in [0, 0.05) is 31.2 Å². The lowest BCUT2D eigenvalue weighted by atomic mass is 10.1. The Balaban J connectivity index is 1.70. The summed E-state index contributed by atoms with van der Waals surface area (Å²) in [4.78, 5) is 18.7. The first kappa shape index (κ1) is 15.0. The van der Waals surface area contributed by atoms with E-state index in [0.717, 1.165) is 31.9 Å². The van der Waals surface area contributed by atoms with Gasteiger partial charge in [0.25, 0.3) is 0 Å². The van der Waals surface area contributed by atoms with Crippen molar-refractivity contribution in [2.45, 2.75) is 40.2 Å². The van der Waals surface area contributed by atoms with Gasteiger partial charge in [-0.2, -0.15) is 0 Å². The van der Waals surface area contributed by atoms with E-state index in [1.165, 1.54) is 18.5 Å². The molecule has 0 spiro atoms. The molecule has 0 radical (unpaired) electrons. The predicted molar refractivity (Wildman–Crippen MR) is 79.5 cm³/mol. The topological polar surface area (TPSA) is 50.2 Å². The van der Waals surface area contributed by atoms with Crippen molar-refractivity contribution in [1.82, 2.24) is 19.8 Å². The van der Waals surface area contributed by atoms with E-state index in [1.54, 1.807) is 0 Å². The van der Waals surface area contributed by atoms with Crippen LogP contribution in [0.5, 0.6) is 0 Å². The number of likely N-dealkylation sites (tertiary alicyclic amines) is 1. The fourth-order valence-electron chi connectivity index (χ4n) is 2.68. The fraction of sp³-hybridized carbons (Fsp3) is 0.733. The van der Waals surface area contributed by atoms with Crippen LogP contribution < -0.4 is 5.32 Å². The van der Waals surface area contributed by atoms with Crippen LogP contribution in [0.1, 0.15) is 31.2 Å². The number of imidazole rings is 1. The van der Waals surface area contributed by atoms with Gasteiger partial charge < -0.3 is 14.8 Å². The van der Waals surface area contributed by atoms with Gasteiger partial charge >= 0.3 is 0 Å². The molecule has 1 amide bonds. The van der Waals surface area contributed by atoms with Crippen molar-refractivity contribution in [2.75, 3.05) is 26.2 Å². The second-order valence-electron chi connectivity index (χ2n) is 5.81. The zero-order valence-electron chi connectivity index (χ0n) is 12.9. The third-order valence-electron chi connectivity index (χ3n) is 4.18. The van der Waals surface area contributed by atoms with Gasteiger partial charge in [0.05, 0.1) is 12.0 Å². The van der Waals surface area contributed by atoms with Crippen molar-refractivity contribution in [1.29, 1.82) is 0 Å². The summed E-state index contributed by atoms with van der Waals surface area (Å²) in [6.07, 6.45) is 4.38. The number of nitrogens with one attached hydrogen (secondary N) is 1. The predicted octanol–water partition coefficient (Wildman–Crippen LogP) is 1.35. The molecule has 1 unspecified atom stereocenters. The van der Waals surface area contributed by atoms with E-state index in [9.17, 15) is 4.79 Å². The minimum absolute atomic E-state index is 0.0683. The van der Waals surface area contributed by atoms with Crippen molar-refractivity contribution < 1.29 is 4.79 Å². The molecule has 1 aromatic heterocycles. The third kappa shape index (κ3) is 3.82. The number of carbonyl (C=O) groups excluding carboxylic acids is 1. The summed E-state index contributed by atoms with van der Waals surface area (Å²) in [5.41, 5.74) is 2.23. The van der Waals surface area contributed by atoms with Crippen molar-refractivity contribution >= 4 is 5.91 Å². The van der Waals surface area contributed by atoms with Crippen LogP contribution in [-0.2, 0) is 11.3 Å². The summed E-state index contributed by atoms with van der Waals surface area (Å²) in [6.45, 7) is 10.7. The van der Waals surface area contributed by atoms with Gasteiger partial charge in [0.15, 0.2) is 0 Å². The van der Waals surface area contributed by atoms with Crippen molar-refractivity contribution in [3.63, 3.8) is 0 Å². The zero-order valence-corrected chi connectivity index (χ0v) is 12.9. The van der Waals surface area contributed by atoms with Crippen LogP contribution in [0.25, 0.3) is 0 Å². The maximum Gasteiger partial charge on any atom is 0.224 e. The van der Waals surface area contributed by atoms with E-state index in [4.69, 9.17) is 0 Å². The van der Waals surface area contributed by atoms with Crippen LogP contribution in [-0.4, -0.2) is 46.5 Å². The first-order valence-electron chi connectivity index (χ1n) is 7.56. The standard InChI is InChI=1S/C15H26N4O/c1-12(10-18-7-4-5-8-18)15(20)16-6-9-19-11-17-13(2)14(19)3/h11-12H,4-10H2,1-3H3,(H,16,20). The third-order valence-corrected chi connectivity index (χ3v) is 4.18. The maximum atomic E-state index is 12.0. The van der Waals surface area contributed by atoms with E-state index >= 15 is 0 Å². The lowest BCUT2D eigenvalue weighted by Crippen LogP contribution is -2.37. The average Bonchev–Trinajstić information content (AvgIpc) is 3.03. The Morgan fingerprint density at radius 3 is 2.70 bits per heavy atom. The molecule has 1 atom stereocenters. The summed E-state index contributed by atoms with van der Waals surface area (Å²) in [7, 11) is 0.